The van der Waals surface area contributed by atoms with Gasteiger partial charge in [0.1, 0.15) is 5.75 Å². The molecule has 3 saturated heterocycles. The standard InChI is InChI=1S/C27H34N4O2/c1-2-6-26-25(5-1)27(28-33-26)31-16-15-30-18-22(7-10-23(30)19-31)20-32-24-11-8-21(9-12-24)17-29-13-3-4-14-29/h1-2,5-6,8-9,11-12,22-23H,3-4,7,10,13-20H2. The Morgan fingerprint density at radius 3 is 2.64 bits per heavy atom. The van der Waals surface area contributed by atoms with Crippen molar-refractivity contribution in [1.82, 2.24) is 15.0 Å². The maximum Gasteiger partial charge on any atom is 0.180 e. The summed E-state index contributed by atoms with van der Waals surface area (Å²) >= 11 is 0. The van der Waals surface area contributed by atoms with Gasteiger partial charge in [0, 0.05) is 44.7 Å². The third-order valence-electron chi connectivity index (χ3n) is 7.68. The Morgan fingerprint density at radius 2 is 1.76 bits per heavy atom. The monoisotopic (exact) mass is 446 g/mol. The van der Waals surface area contributed by atoms with Gasteiger partial charge in [0.05, 0.1) is 12.0 Å². The van der Waals surface area contributed by atoms with Gasteiger partial charge in [-0.25, -0.2) is 0 Å². The maximum atomic E-state index is 6.21. The number of piperidine rings is 1. The fourth-order valence-corrected chi connectivity index (χ4v) is 5.79. The molecule has 2 unspecified atom stereocenters. The SMILES string of the molecule is c1ccc2c(N3CCN4CC(COc5ccc(CN6CCCC6)cc5)CCC4C3)noc2c1. The van der Waals surface area contributed by atoms with E-state index in [0.29, 0.717) is 12.0 Å². The predicted molar refractivity (Wildman–Crippen MR) is 131 cm³/mol. The molecule has 3 aliphatic heterocycles. The summed E-state index contributed by atoms with van der Waals surface area (Å²) < 4.78 is 11.8. The van der Waals surface area contributed by atoms with Crippen molar-refractivity contribution < 1.29 is 9.26 Å². The number of benzene rings is 2. The molecule has 3 aromatic rings. The van der Waals surface area contributed by atoms with Crippen LogP contribution < -0.4 is 9.64 Å². The fourth-order valence-electron chi connectivity index (χ4n) is 5.79. The Labute approximate surface area is 196 Å². The summed E-state index contributed by atoms with van der Waals surface area (Å²) in [5, 5.41) is 5.50. The molecule has 6 rings (SSSR count). The number of aromatic nitrogens is 1. The lowest BCUT2D eigenvalue weighted by Gasteiger charge is -2.46. The molecule has 3 fully saturated rings. The molecule has 0 spiro atoms. The second-order valence-electron chi connectivity index (χ2n) is 9.98. The molecule has 174 valence electrons. The molecule has 0 saturated carbocycles. The third kappa shape index (κ3) is 4.59. The summed E-state index contributed by atoms with van der Waals surface area (Å²) in [6.45, 7) is 8.60. The van der Waals surface area contributed by atoms with Crippen molar-refractivity contribution in [2.45, 2.75) is 38.3 Å². The number of hydrogen-bond donors (Lipinski definition) is 0. The molecule has 0 aliphatic carbocycles. The van der Waals surface area contributed by atoms with Crippen molar-refractivity contribution in [3.05, 3.63) is 54.1 Å². The van der Waals surface area contributed by atoms with Crippen molar-refractivity contribution in [3.63, 3.8) is 0 Å². The first-order valence-electron chi connectivity index (χ1n) is 12.6. The molecule has 0 N–H and O–H groups in total. The highest BCUT2D eigenvalue weighted by Crippen LogP contribution is 2.31. The zero-order valence-corrected chi connectivity index (χ0v) is 19.4. The van der Waals surface area contributed by atoms with E-state index in [1.807, 2.05) is 12.1 Å². The molecule has 2 atom stereocenters. The van der Waals surface area contributed by atoms with Crippen LogP contribution in [0, 0.1) is 5.92 Å². The number of hydrogen-bond acceptors (Lipinski definition) is 6. The topological polar surface area (TPSA) is 45.0 Å². The zero-order valence-electron chi connectivity index (χ0n) is 19.4. The highest BCUT2D eigenvalue weighted by molar-refractivity contribution is 5.88. The molecule has 0 bridgehead atoms. The first kappa shape index (κ1) is 21.0. The number of likely N-dealkylation sites (tertiary alicyclic amines) is 1. The third-order valence-corrected chi connectivity index (χ3v) is 7.68. The molecule has 4 heterocycles. The van der Waals surface area contributed by atoms with Gasteiger partial charge in [-0.15, -0.1) is 0 Å². The zero-order chi connectivity index (χ0) is 22.0. The molecule has 6 nitrogen and oxygen atoms in total. The summed E-state index contributed by atoms with van der Waals surface area (Å²) in [5.41, 5.74) is 2.27. The number of fused-ring (bicyclic) bond motifs is 2. The normalized spacial score (nSPS) is 24.3. The molecule has 2 aromatic carbocycles. The van der Waals surface area contributed by atoms with Gasteiger partial charge in [0.2, 0.25) is 0 Å². The van der Waals surface area contributed by atoms with E-state index in [2.05, 4.69) is 56.3 Å². The van der Waals surface area contributed by atoms with E-state index >= 15 is 0 Å². The van der Waals surface area contributed by atoms with Crippen LogP contribution in [0.3, 0.4) is 0 Å². The predicted octanol–water partition coefficient (Wildman–Crippen LogP) is 4.40. The lowest BCUT2D eigenvalue weighted by molar-refractivity contribution is 0.0727. The minimum Gasteiger partial charge on any atom is -0.493 e. The molecule has 1 aromatic heterocycles. The van der Waals surface area contributed by atoms with Crippen LogP contribution in [0.25, 0.3) is 11.0 Å². The van der Waals surface area contributed by atoms with E-state index in [1.54, 1.807) is 0 Å². The molecule has 6 heteroatoms. The van der Waals surface area contributed by atoms with Crippen molar-refractivity contribution >= 4 is 16.8 Å². The van der Waals surface area contributed by atoms with E-state index in [4.69, 9.17) is 9.26 Å². The van der Waals surface area contributed by atoms with E-state index in [-0.39, 0.29) is 0 Å². The van der Waals surface area contributed by atoms with Crippen LogP contribution in [-0.4, -0.2) is 66.9 Å². The van der Waals surface area contributed by atoms with Gasteiger partial charge in [0.15, 0.2) is 11.4 Å². The van der Waals surface area contributed by atoms with Crippen LogP contribution in [-0.2, 0) is 6.54 Å². The van der Waals surface area contributed by atoms with Crippen LogP contribution in [0.2, 0.25) is 0 Å². The number of nitrogens with zero attached hydrogens (tertiary/aromatic N) is 4. The van der Waals surface area contributed by atoms with E-state index in [9.17, 15) is 0 Å². The lowest BCUT2D eigenvalue weighted by atomic mass is 9.91. The Bertz CT molecular complexity index is 1060. The Hall–Kier alpha value is -2.57. The average Bonchev–Trinajstić information content (AvgIpc) is 3.53. The first-order chi connectivity index (χ1) is 16.3. The van der Waals surface area contributed by atoms with Crippen LogP contribution >= 0.6 is 0 Å². The number of ether oxygens (including phenoxy) is 1. The lowest BCUT2D eigenvalue weighted by Crippen LogP contribution is -2.57. The Morgan fingerprint density at radius 1 is 0.909 bits per heavy atom. The van der Waals surface area contributed by atoms with Crippen LogP contribution in [0.1, 0.15) is 31.2 Å². The summed E-state index contributed by atoms with van der Waals surface area (Å²) in [6.07, 6.45) is 5.13. The number of rotatable bonds is 6. The highest BCUT2D eigenvalue weighted by Gasteiger charge is 2.34. The smallest absolute Gasteiger partial charge is 0.180 e. The molecule has 3 aliphatic rings. The Balaban J connectivity index is 0.998. The molecule has 33 heavy (non-hydrogen) atoms. The van der Waals surface area contributed by atoms with Gasteiger partial charge in [-0.1, -0.05) is 29.4 Å². The number of para-hydroxylation sites is 1. The maximum absolute atomic E-state index is 6.21. The van der Waals surface area contributed by atoms with Crippen molar-refractivity contribution in [2.24, 2.45) is 5.92 Å². The van der Waals surface area contributed by atoms with E-state index < -0.39 is 0 Å². The summed E-state index contributed by atoms with van der Waals surface area (Å²) in [4.78, 5) is 7.61. The molecule has 0 amide bonds. The van der Waals surface area contributed by atoms with Crippen molar-refractivity contribution in [2.75, 3.05) is 50.8 Å². The van der Waals surface area contributed by atoms with Gasteiger partial charge in [0.25, 0.3) is 0 Å². The number of piperazine rings is 1. The minimum absolute atomic E-state index is 0.593. The summed E-state index contributed by atoms with van der Waals surface area (Å²) in [5.74, 6) is 2.61. The van der Waals surface area contributed by atoms with E-state index in [0.717, 1.165) is 61.9 Å². The van der Waals surface area contributed by atoms with Gasteiger partial charge >= 0.3 is 0 Å². The molecular weight excluding hydrogens is 412 g/mol. The van der Waals surface area contributed by atoms with E-state index in [1.165, 1.54) is 44.3 Å². The molecule has 0 radical (unpaired) electrons. The van der Waals surface area contributed by atoms with Crippen LogP contribution in [0.15, 0.2) is 53.1 Å². The minimum atomic E-state index is 0.593. The quantitative estimate of drug-likeness (QED) is 0.559. The second kappa shape index (κ2) is 9.35. The van der Waals surface area contributed by atoms with Crippen LogP contribution in [0.5, 0.6) is 5.75 Å². The highest BCUT2D eigenvalue weighted by atomic mass is 16.5. The van der Waals surface area contributed by atoms with Crippen molar-refractivity contribution in [1.29, 1.82) is 0 Å². The van der Waals surface area contributed by atoms with Crippen LogP contribution in [0.4, 0.5) is 5.82 Å². The largest absolute Gasteiger partial charge is 0.493 e. The number of anilines is 1. The fraction of sp³-hybridized carbons (Fsp3) is 0.519. The summed E-state index contributed by atoms with van der Waals surface area (Å²) in [6, 6.07) is 17.5. The van der Waals surface area contributed by atoms with Gasteiger partial charge < -0.3 is 14.2 Å². The van der Waals surface area contributed by atoms with Gasteiger partial charge in [-0.2, -0.15) is 0 Å². The second-order valence-corrected chi connectivity index (χ2v) is 9.98. The van der Waals surface area contributed by atoms with Gasteiger partial charge in [-0.05, 0) is 68.6 Å². The summed E-state index contributed by atoms with van der Waals surface area (Å²) in [7, 11) is 0. The first-order valence-corrected chi connectivity index (χ1v) is 12.6. The average molecular weight is 447 g/mol. The van der Waals surface area contributed by atoms with Crippen molar-refractivity contribution in [3.8, 4) is 5.75 Å². The van der Waals surface area contributed by atoms with Gasteiger partial charge in [-0.3, -0.25) is 9.80 Å². The molecular formula is C27H34N4O2. The Kier molecular flexibility index (Phi) is 5.95.